The van der Waals surface area contributed by atoms with Crippen molar-refractivity contribution in [3.05, 3.63) is 83.4 Å². The minimum absolute atomic E-state index is 0.181. The first-order chi connectivity index (χ1) is 12.4. The molecule has 136 valence electrons. The van der Waals surface area contributed by atoms with Gasteiger partial charge in [0.05, 0.1) is 6.33 Å². The summed E-state index contributed by atoms with van der Waals surface area (Å²) in [6, 6.07) is 17.2. The van der Waals surface area contributed by atoms with Crippen molar-refractivity contribution in [3.63, 3.8) is 0 Å². The Morgan fingerprint density at radius 1 is 1.04 bits per heavy atom. The van der Waals surface area contributed by atoms with Gasteiger partial charge in [-0.1, -0.05) is 56.6 Å². The van der Waals surface area contributed by atoms with Crippen molar-refractivity contribution in [1.82, 2.24) is 9.55 Å². The SMILES string of the molecule is CC(C)(C)c1ccc(SC(CCn2ccnc2)c2ccc(Cl)cc2)cc1. The number of aryl methyl sites for hydroxylation is 1. The van der Waals surface area contributed by atoms with Crippen LogP contribution in [0.5, 0.6) is 0 Å². The minimum Gasteiger partial charge on any atom is -0.337 e. The Hall–Kier alpha value is -1.71. The van der Waals surface area contributed by atoms with E-state index in [1.807, 2.05) is 42.6 Å². The van der Waals surface area contributed by atoms with Crippen molar-refractivity contribution in [2.24, 2.45) is 0 Å². The van der Waals surface area contributed by atoms with E-state index in [4.69, 9.17) is 11.6 Å². The normalized spacial score (nSPS) is 12.9. The Balaban J connectivity index is 1.77. The first-order valence-corrected chi connectivity index (χ1v) is 10.2. The van der Waals surface area contributed by atoms with Gasteiger partial charge in [0.2, 0.25) is 0 Å². The maximum absolute atomic E-state index is 6.08. The van der Waals surface area contributed by atoms with Crippen LogP contribution in [0.4, 0.5) is 0 Å². The second kappa shape index (κ2) is 8.32. The van der Waals surface area contributed by atoms with Gasteiger partial charge in [-0.05, 0) is 47.2 Å². The van der Waals surface area contributed by atoms with Gasteiger partial charge in [-0.2, -0.15) is 0 Å². The van der Waals surface area contributed by atoms with Crippen molar-refractivity contribution in [1.29, 1.82) is 0 Å². The molecule has 0 aliphatic rings. The van der Waals surface area contributed by atoms with E-state index < -0.39 is 0 Å². The van der Waals surface area contributed by atoms with Gasteiger partial charge in [0, 0.05) is 34.1 Å². The van der Waals surface area contributed by atoms with Crippen molar-refractivity contribution >= 4 is 23.4 Å². The monoisotopic (exact) mass is 384 g/mol. The summed E-state index contributed by atoms with van der Waals surface area (Å²) < 4.78 is 2.13. The van der Waals surface area contributed by atoms with Gasteiger partial charge in [0.15, 0.2) is 0 Å². The van der Waals surface area contributed by atoms with Crippen LogP contribution in [0.3, 0.4) is 0 Å². The summed E-state index contributed by atoms with van der Waals surface area (Å²) in [5, 5.41) is 1.15. The van der Waals surface area contributed by atoms with Crippen LogP contribution in [0.15, 0.2) is 72.1 Å². The fraction of sp³-hybridized carbons (Fsp3) is 0.318. The Bertz CT molecular complexity index is 803. The molecular weight excluding hydrogens is 360 g/mol. The van der Waals surface area contributed by atoms with E-state index in [2.05, 4.69) is 66.7 Å². The van der Waals surface area contributed by atoms with Crippen LogP contribution in [0.2, 0.25) is 5.02 Å². The third kappa shape index (κ3) is 5.15. The molecule has 1 aromatic heterocycles. The lowest BCUT2D eigenvalue weighted by atomic mass is 9.87. The predicted octanol–water partition coefficient (Wildman–Crippen LogP) is 6.76. The zero-order valence-electron chi connectivity index (χ0n) is 15.5. The van der Waals surface area contributed by atoms with Gasteiger partial charge in [-0.15, -0.1) is 11.8 Å². The third-order valence-electron chi connectivity index (χ3n) is 4.45. The van der Waals surface area contributed by atoms with Crippen LogP contribution < -0.4 is 0 Å². The van der Waals surface area contributed by atoms with Gasteiger partial charge < -0.3 is 4.57 Å². The van der Waals surface area contributed by atoms with E-state index in [0.717, 1.165) is 18.0 Å². The second-order valence-corrected chi connectivity index (χ2v) is 9.23. The highest BCUT2D eigenvalue weighted by molar-refractivity contribution is 7.99. The van der Waals surface area contributed by atoms with Crippen molar-refractivity contribution in [2.75, 3.05) is 0 Å². The number of halogens is 1. The molecule has 0 amide bonds. The summed E-state index contributed by atoms with van der Waals surface area (Å²) in [6.45, 7) is 7.69. The van der Waals surface area contributed by atoms with Gasteiger partial charge in [0.1, 0.15) is 0 Å². The Morgan fingerprint density at radius 2 is 1.73 bits per heavy atom. The first-order valence-electron chi connectivity index (χ1n) is 8.90. The van der Waals surface area contributed by atoms with Gasteiger partial charge in [-0.25, -0.2) is 4.98 Å². The maximum atomic E-state index is 6.08. The molecule has 2 aromatic carbocycles. The maximum Gasteiger partial charge on any atom is 0.0945 e. The average molecular weight is 385 g/mol. The molecular formula is C22H25ClN2S. The van der Waals surface area contributed by atoms with Gasteiger partial charge >= 0.3 is 0 Å². The third-order valence-corrected chi connectivity index (χ3v) is 6.04. The van der Waals surface area contributed by atoms with Crippen LogP contribution >= 0.6 is 23.4 Å². The predicted molar refractivity (Wildman–Crippen MR) is 112 cm³/mol. The van der Waals surface area contributed by atoms with E-state index in [0.29, 0.717) is 5.25 Å². The van der Waals surface area contributed by atoms with E-state index in [1.165, 1.54) is 16.0 Å². The molecule has 4 heteroatoms. The smallest absolute Gasteiger partial charge is 0.0945 e. The molecule has 1 atom stereocenters. The second-order valence-electron chi connectivity index (χ2n) is 7.52. The summed E-state index contributed by atoms with van der Waals surface area (Å²) in [6.07, 6.45) is 6.75. The number of hydrogen-bond donors (Lipinski definition) is 0. The fourth-order valence-corrected chi connectivity index (χ4v) is 4.12. The van der Waals surface area contributed by atoms with E-state index in [-0.39, 0.29) is 5.41 Å². The molecule has 1 unspecified atom stereocenters. The van der Waals surface area contributed by atoms with Crippen LogP contribution in [0.1, 0.15) is 43.6 Å². The Morgan fingerprint density at radius 3 is 2.31 bits per heavy atom. The number of imidazole rings is 1. The molecule has 1 heterocycles. The van der Waals surface area contributed by atoms with Gasteiger partial charge in [-0.3, -0.25) is 0 Å². The topological polar surface area (TPSA) is 17.8 Å². The standard InChI is InChI=1S/C22H25ClN2S/c1-22(2,3)18-6-10-20(11-7-18)26-21(12-14-25-15-13-24-16-25)17-4-8-19(23)9-5-17/h4-11,13,15-16,21H,12,14H2,1-3H3. The van der Waals surface area contributed by atoms with E-state index >= 15 is 0 Å². The number of hydrogen-bond acceptors (Lipinski definition) is 2. The van der Waals surface area contributed by atoms with E-state index in [9.17, 15) is 0 Å². The number of rotatable bonds is 6. The zero-order chi connectivity index (χ0) is 18.6. The highest BCUT2D eigenvalue weighted by atomic mass is 35.5. The summed E-state index contributed by atoms with van der Waals surface area (Å²) in [5.74, 6) is 0. The zero-order valence-corrected chi connectivity index (χ0v) is 17.1. The molecule has 0 saturated heterocycles. The van der Waals surface area contributed by atoms with Crippen molar-refractivity contribution in [3.8, 4) is 0 Å². The Kier molecular flexibility index (Phi) is 6.10. The lowest BCUT2D eigenvalue weighted by Crippen LogP contribution is -2.10. The molecule has 0 saturated carbocycles. The molecule has 0 N–H and O–H groups in total. The number of nitrogens with zero attached hydrogens (tertiary/aromatic N) is 2. The fourth-order valence-electron chi connectivity index (χ4n) is 2.85. The molecule has 0 radical (unpaired) electrons. The molecule has 0 spiro atoms. The molecule has 26 heavy (non-hydrogen) atoms. The number of thioether (sulfide) groups is 1. The van der Waals surface area contributed by atoms with Crippen LogP contribution in [-0.2, 0) is 12.0 Å². The quantitative estimate of drug-likeness (QED) is 0.437. The molecule has 0 aliphatic heterocycles. The van der Waals surface area contributed by atoms with Crippen molar-refractivity contribution < 1.29 is 0 Å². The van der Waals surface area contributed by atoms with Crippen molar-refractivity contribution in [2.45, 2.75) is 49.3 Å². The first kappa shape index (κ1) is 19.1. The van der Waals surface area contributed by atoms with E-state index in [1.54, 1.807) is 0 Å². The van der Waals surface area contributed by atoms with Gasteiger partial charge in [0.25, 0.3) is 0 Å². The average Bonchev–Trinajstić information content (AvgIpc) is 3.12. The Labute approximate surface area is 165 Å². The highest BCUT2D eigenvalue weighted by Gasteiger charge is 2.16. The largest absolute Gasteiger partial charge is 0.337 e. The van der Waals surface area contributed by atoms with Crippen LogP contribution in [0, 0.1) is 0 Å². The molecule has 2 nitrogen and oxygen atoms in total. The molecule has 3 aromatic rings. The molecule has 0 bridgehead atoms. The number of aromatic nitrogens is 2. The number of benzene rings is 2. The van der Waals surface area contributed by atoms with Crippen LogP contribution in [0.25, 0.3) is 0 Å². The molecule has 0 fully saturated rings. The minimum atomic E-state index is 0.181. The lowest BCUT2D eigenvalue weighted by Gasteiger charge is -2.21. The summed E-state index contributed by atoms with van der Waals surface area (Å²) in [5.41, 5.74) is 2.85. The highest BCUT2D eigenvalue weighted by Crippen LogP contribution is 2.39. The summed E-state index contributed by atoms with van der Waals surface area (Å²) >= 11 is 7.99. The lowest BCUT2D eigenvalue weighted by molar-refractivity contribution is 0.589. The molecule has 0 aliphatic carbocycles. The summed E-state index contributed by atoms with van der Waals surface area (Å²) in [7, 11) is 0. The van der Waals surface area contributed by atoms with Crippen LogP contribution in [-0.4, -0.2) is 9.55 Å². The summed E-state index contributed by atoms with van der Waals surface area (Å²) in [4.78, 5) is 5.43. The molecule has 3 rings (SSSR count).